The zero-order valence-corrected chi connectivity index (χ0v) is 16.1. The van der Waals surface area contributed by atoms with E-state index in [0.29, 0.717) is 23.5 Å². The van der Waals surface area contributed by atoms with Crippen molar-refractivity contribution in [1.29, 1.82) is 0 Å². The summed E-state index contributed by atoms with van der Waals surface area (Å²) in [5.41, 5.74) is 8.91. The standard InChI is InChI=1S/C20H23N5O2S/c21-18(22-12-4-5-13-26)17-19(27)25-28-20(17)24-16-10-8-15(9-11-16)23-14-6-2-1-3-7-14/h1-3,6-11,23-24,26H,4-5,12-13H2,(H2,21,22)(H,25,27). The van der Waals surface area contributed by atoms with Gasteiger partial charge in [-0.3, -0.25) is 14.2 Å². The van der Waals surface area contributed by atoms with Gasteiger partial charge >= 0.3 is 0 Å². The largest absolute Gasteiger partial charge is 0.396 e. The molecule has 0 aliphatic rings. The number of unbranched alkanes of at least 4 members (excludes halogenated alkanes) is 1. The Morgan fingerprint density at radius 1 is 1.00 bits per heavy atom. The number of aliphatic hydroxyl groups excluding tert-OH is 1. The molecule has 3 rings (SSSR count). The first-order valence-corrected chi connectivity index (χ1v) is 9.81. The quantitative estimate of drug-likeness (QED) is 0.216. The van der Waals surface area contributed by atoms with Crippen molar-refractivity contribution in [1.82, 2.24) is 4.37 Å². The first kappa shape index (κ1) is 19.7. The maximum Gasteiger partial charge on any atom is 0.271 e. The molecule has 0 unspecified atom stereocenters. The van der Waals surface area contributed by atoms with E-state index in [0.717, 1.165) is 23.5 Å². The number of rotatable bonds is 9. The number of H-pyrrole nitrogens is 1. The highest BCUT2D eigenvalue weighted by molar-refractivity contribution is 7.10. The summed E-state index contributed by atoms with van der Waals surface area (Å²) in [5.74, 6) is 0.199. The number of hydrogen-bond donors (Lipinski definition) is 5. The molecule has 28 heavy (non-hydrogen) atoms. The number of nitrogens with zero attached hydrogens (tertiary/aromatic N) is 1. The molecule has 0 bridgehead atoms. The molecule has 0 saturated heterocycles. The van der Waals surface area contributed by atoms with Crippen LogP contribution in [0.5, 0.6) is 0 Å². The maximum absolute atomic E-state index is 12.1. The minimum absolute atomic E-state index is 0.121. The van der Waals surface area contributed by atoms with Crippen molar-refractivity contribution in [3.05, 3.63) is 70.5 Å². The molecule has 1 heterocycles. The van der Waals surface area contributed by atoms with Crippen LogP contribution in [0.15, 0.2) is 64.4 Å². The summed E-state index contributed by atoms with van der Waals surface area (Å²) in [6, 6.07) is 17.7. The van der Waals surface area contributed by atoms with Gasteiger partial charge in [0.15, 0.2) is 0 Å². The predicted octanol–water partition coefficient (Wildman–Crippen LogP) is 3.40. The van der Waals surface area contributed by atoms with E-state index < -0.39 is 0 Å². The van der Waals surface area contributed by atoms with E-state index in [1.165, 1.54) is 11.5 Å². The lowest BCUT2D eigenvalue weighted by atomic mass is 10.2. The molecule has 8 heteroatoms. The van der Waals surface area contributed by atoms with Crippen LogP contribution in [0.1, 0.15) is 18.4 Å². The van der Waals surface area contributed by atoms with E-state index >= 15 is 0 Å². The van der Waals surface area contributed by atoms with Crippen molar-refractivity contribution in [2.45, 2.75) is 12.8 Å². The van der Waals surface area contributed by atoms with Crippen molar-refractivity contribution < 1.29 is 5.11 Å². The predicted molar refractivity (Wildman–Crippen MR) is 116 cm³/mol. The minimum Gasteiger partial charge on any atom is -0.396 e. The summed E-state index contributed by atoms with van der Waals surface area (Å²) >= 11 is 1.18. The van der Waals surface area contributed by atoms with Gasteiger partial charge in [-0.2, -0.15) is 0 Å². The second kappa shape index (κ2) is 9.72. The van der Waals surface area contributed by atoms with Crippen LogP contribution in [0, 0.1) is 0 Å². The highest BCUT2D eigenvalue weighted by Gasteiger charge is 2.14. The highest BCUT2D eigenvalue weighted by atomic mass is 32.1. The molecule has 1 aromatic heterocycles. The number of nitrogens with one attached hydrogen (secondary N) is 3. The van der Waals surface area contributed by atoms with Crippen LogP contribution in [0.4, 0.5) is 22.1 Å². The molecular weight excluding hydrogens is 374 g/mol. The number of para-hydroxylation sites is 1. The monoisotopic (exact) mass is 397 g/mol. The van der Waals surface area contributed by atoms with Gasteiger partial charge in [-0.25, -0.2) is 0 Å². The zero-order chi connectivity index (χ0) is 19.8. The van der Waals surface area contributed by atoms with Crippen molar-refractivity contribution in [3.8, 4) is 0 Å². The number of aliphatic imine (C=N–C) groups is 1. The molecule has 0 fully saturated rings. The Morgan fingerprint density at radius 3 is 2.32 bits per heavy atom. The number of amidine groups is 1. The van der Waals surface area contributed by atoms with Crippen molar-refractivity contribution in [3.63, 3.8) is 0 Å². The fourth-order valence-electron chi connectivity index (χ4n) is 2.58. The van der Waals surface area contributed by atoms with Crippen molar-refractivity contribution in [2.24, 2.45) is 10.7 Å². The van der Waals surface area contributed by atoms with Gasteiger partial charge in [0, 0.05) is 30.2 Å². The Kier molecular flexibility index (Phi) is 6.83. The van der Waals surface area contributed by atoms with Crippen LogP contribution < -0.4 is 21.9 Å². The molecule has 0 spiro atoms. The van der Waals surface area contributed by atoms with E-state index in [4.69, 9.17) is 10.8 Å². The maximum atomic E-state index is 12.1. The summed E-state index contributed by atoms with van der Waals surface area (Å²) in [7, 11) is 0. The fourth-order valence-corrected chi connectivity index (χ4v) is 3.35. The summed E-state index contributed by atoms with van der Waals surface area (Å²) in [4.78, 5) is 16.4. The molecule has 0 aliphatic carbocycles. The number of aliphatic hydroxyl groups is 1. The van der Waals surface area contributed by atoms with Gasteiger partial charge < -0.3 is 21.5 Å². The SMILES string of the molecule is NC(=NCCCCO)c1c(Nc2ccc(Nc3ccccc3)cc2)s[nH]c1=O. The van der Waals surface area contributed by atoms with Gasteiger partial charge in [0.25, 0.3) is 5.56 Å². The number of aromatic nitrogens is 1. The highest BCUT2D eigenvalue weighted by Crippen LogP contribution is 2.24. The van der Waals surface area contributed by atoms with Gasteiger partial charge in [-0.05, 0) is 60.8 Å². The fraction of sp³-hybridized carbons (Fsp3) is 0.200. The van der Waals surface area contributed by atoms with Crippen molar-refractivity contribution in [2.75, 3.05) is 23.8 Å². The number of benzene rings is 2. The summed E-state index contributed by atoms with van der Waals surface area (Å²) in [6.07, 6.45) is 1.38. The Morgan fingerprint density at radius 2 is 1.64 bits per heavy atom. The van der Waals surface area contributed by atoms with E-state index in [9.17, 15) is 4.79 Å². The molecule has 0 saturated carbocycles. The Bertz CT molecular complexity index is 964. The van der Waals surface area contributed by atoms with Crippen LogP contribution in [0.3, 0.4) is 0 Å². The molecule has 146 valence electrons. The third-order valence-corrected chi connectivity index (χ3v) is 4.81. The lowest BCUT2D eigenvalue weighted by molar-refractivity contribution is 0.285. The Hall–Kier alpha value is -3.10. The normalized spacial score (nSPS) is 11.4. The number of aromatic amines is 1. The van der Waals surface area contributed by atoms with Crippen LogP contribution in [0.2, 0.25) is 0 Å². The lowest BCUT2D eigenvalue weighted by Gasteiger charge is -2.09. The van der Waals surface area contributed by atoms with Gasteiger partial charge in [-0.1, -0.05) is 18.2 Å². The molecule has 0 aliphatic heterocycles. The third kappa shape index (κ3) is 5.21. The summed E-state index contributed by atoms with van der Waals surface area (Å²) in [6.45, 7) is 0.595. The Balaban J connectivity index is 1.69. The lowest BCUT2D eigenvalue weighted by Crippen LogP contribution is -2.22. The Labute approximate surface area is 167 Å². The molecule has 3 aromatic rings. The van der Waals surface area contributed by atoms with E-state index in [2.05, 4.69) is 20.0 Å². The number of anilines is 4. The molecule has 7 nitrogen and oxygen atoms in total. The van der Waals surface area contributed by atoms with E-state index in [1.54, 1.807) is 0 Å². The first-order valence-electron chi connectivity index (χ1n) is 8.99. The molecule has 2 aromatic carbocycles. The summed E-state index contributed by atoms with van der Waals surface area (Å²) < 4.78 is 2.69. The zero-order valence-electron chi connectivity index (χ0n) is 15.3. The van der Waals surface area contributed by atoms with Gasteiger partial charge in [0.2, 0.25) is 0 Å². The van der Waals surface area contributed by atoms with Gasteiger partial charge in [-0.15, -0.1) is 0 Å². The average molecular weight is 398 g/mol. The number of nitrogens with two attached hydrogens (primary N) is 1. The average Bonchev–Trinajstić information content (AvgIpc) is 3.07. The van der Waals surface area contributed by atoms with Crippen LogP contribution in [0.25, 0.3) is 0 Å². The number of hydrogen-bond acceptors (Lipinski definition) is 6. The molecule has 0 atom stereocenters. The van der Waals surface area contributed by atoms with E-state index in [-0.39, 0.29) is 18.0 Å². The molecular formula is C20H23N5O2S. The third-order valence-electron chi connectivity index (χ3n) is 4.01. The first-order chi connectivity index (χ1) is 13.7. The molecule has 0 radical (unpaired) electrons. The van der Waals surface area contributed by atoms with Gasteiger partial charge in [0.1, 0.15) is 16.4 Å². The minimum atomic E-state index is -0.265. The molecule has 6 N–H and O–H groups in total. The van der Waals surface area contributed by atoms with Crippen molar-refractivity contribution >= 4 is 39.4 Å². The van der Waals surface area contributed by atoms with Crippen LogP contribution in [-0.4, -0.2) is 28.5 Å². The van der Waals surface area contributed by atoms with Crippen LogP contribution in [-0.2, 0) is 0 Å². The second-order valence-corrected chi connectivity index (χ2v) is 6.94. The topological polar surface area (TPSA) is 116 Å². The second-order valence-electron chi connectivity index (χ2n) is 6.13. The molecule has 0 amide bonds. The van der Waals surface area contributed by atoms with Gasteiger partial charge in [0.05, 0.1) is 0 Å². The van der Waals surface area contributed by atoms with Crippen LogP contribution >= 0.6 is 11.5 Å². The smallest absolute Gasteiger partial charge is 0.271 e. The summed E-state index contributed by atoms with van der Waals surface area (Å²) in [5, 5.41) is 16.0. The van der Waals surface area contributed by atoms with E-state index in [1.807, 2.05) is 54.6 Å².